The number of hydrogen-bond donors (Lipinski definition) is 0. The minimum Gasteiger partial charge on any atom is -0.619 e. The number of nitrogens with zero attached hydrogens (tertiary/aromatic N) is 1. The average molecular weight is 139 g/mol. The highest BCUT2D eigenvalue weighted by Crippen LogP contribution is 2.04. The molecule has 0 N–H and O–H groups in total. The average Bonchev–Trinajstić information content (AvgIpc) is 1.95. The van der Waals surface area contributed by atoms with Crippen molar-refractivity contribution in [2.45, 2.75) is 6.92 Å². The standard InChI is InChI=1S/C7H9NO2/c1-2-10-7-3-5-8(9)6-4-7/h3-6H,2H2,1H3. The number of rotatable bonds is 2. The SMILES string of the molecule is CCOc1cc[n+]([O-])cc1. The highest BCUT2D eigenvalue weighted by molar-refractivity contribution is 5.14. The van der Waals surface area contributed by atoms with E-state index >= 15 is 0 Å². The van der Waals surface area contributed by atoms with Gasteiger partial charge >= 0.3 is 0 Å². The van der Waals surface area contributed by atoms with Crippen LogP contribution >= 0.6 is 0 Å². The van der Waals surface area contributed by atoms with Crippen molar-refractivity contribution < 1.29 is 9.47 Å². The molecule has 1 rings (SSSR count). The molecule has 0 radical (unpaired) electrons. The van der Waals surface area contributed by atoms with Crippen molar-refractivity contribution in [2.75, 3.05) is 6.61 Å². The van der Waals surface area contributed by atoms with E-state index in [1.54, 1.807) is 12.1 Å². The molecule has 0 saturated carbocycles. The first-order valence-electron chi connectivity index (χ1n) is 3.14. The molecule has 0 unspecified atom stereocenters. The van der Waals surface area contributed by atoms with Gasteiger partial charge in [0, 0.05) is 12.1 Å². The van der Waals surface area contributed by atoms with Crippen LogP contribution in [-0.2, 0) is 0 Å². The molecule has 3 nitrogen and oxygen atoms in total. The highest BCUT2D eigenvalue weighted by Gasteiger charge is 1.91. The second-order valence-electron chi connectivity index (χ2n) is 1.83. The first kappa shape index (κ1) is 6.86. The smallest absolute Gasteiger partial charge is 0.184 e. The van der Waals surface area contributed by atoms with E-state index in [4.69, 9.17) is 4.74 Å². The summed E-state index contributed by atoms with van der Waals surface area (Å²) in [6.07, 6.45) is 2.82. The zero-order valence-electron chi connectivity index (χ0n) is 5.78. The zero-order valence-corrected chi connectivity index (χ0v) is 5.78. The fraction of sp³-hybridized carbons (Fsp3) is 0.286. The van der Waals surface area contributed by atoms with Crippen molar-refractivity contribution in [3.05, 3.63) is 29.7 Å². The fourth-order valence-corrected chi connectivity index (χ4v) is 0.662. The van der Waals surface area contributed by atoms with Gasteiger partial charge in [0.05, 0.1) is 6.61 Å². The molecule has 0 atom stereocenters. The third-order valence-electron chi connectivity index (χ3n) is 1.08. The summed E-state index contributed by atoms with van der Waals surface area (Å²) in [4.78, 5) is 0. The zero-order chi connectivity index (χ0) is 7.40. The molecule has 0 amide bonds. The summed E-state index contributed by atoms with van der Waals surface area (Å²) < 4.78 is 5.83. The molecule has 0 fully saturated rings. The predicted octanol–water partition coefficient (Wildman–Crippen LogP) is 0.719. The van der Waals surface area contributed by atoms with Gasteiger partial charge in [-0.1, -0.05) is 0 Å². The Balaban J connectivity index is 2.69. The molecule has 1 heterocycles. The molecule has 0 saturated heterocycles. The van der Waals surface area contributed by atoms with Gasteiger partial charge in [-0.15, -0.1) is 0 Å². The summed E-state index contributed by atoms with van der Waals surface area (Å²) in [7, 11) is 0. The van der Waals surface area contributed by atoms with Gasteiger partial charge in [0.2, 0.25) is 0 Å². The molecule has 0 spiro atoms. The Hall–Kier alpha value is -1.25. The van der Waals surface area contributed by atoms with Crippen LogP contribution in [0, 0.1) is 5.21 Å². The molecule has 0 aliphatic heterocycles. The molecule has 0 bridgehead atoms. The molecule has 0 aliphatic rings. The molecule has 3 heteroatoms. The topological polar surface area (TPSA) is 36.2 Å². The van der Waals surface area contributed by atoms with E-state index in [1.165, 1.54) is 12.4 Å². The normalized spacial score (nSPS) is 9.30. The van der Waals surface area contributed by atoms with Gasteiger partial charge in [0.25, 0.3) is 0 Å². The minimum atomic E-state index is 0.628. The van der Waals surface area contributed by atoms with Crippen molar-refractivity contribution in [3.63, 3.8) is 0 Å². The van der Waals surface area contributed by atoms with Crippen molar-refractivity contribution in [1.82, 2.24) is 0 Å². The lowest BCUT2D eigenvalue weighted by Crippen LogP contribution is -2.23. The first-order chi connectivity index (χ1) is 4.83. The predicted molar refractivity (Wildman–Crippen MR) is 36.6 cm³/mol. The van der Waals surface area contributed by atoms with Gasteiger partial charge in [0.1, 0.15) is 5.75 Å². The van der Waals surface area contributed by atoms with Crippen LogP contribution in [0.5, 0.6) is 5.75 Å². The Morgan fingerprint density at radius 1 is 1.50 bits per heavy atom. The maximum atomic E-state index is 10.5. The number of hydrogen-bond acceptors (Lipinski definition) is 2. The van der Waals surface area contributed by atoms with Crippen molar-refractivity contribution in [2.24, 2.45) is 0 Å². The van der Waals surface area contributed by atoms with Crippen molar-refractivity contribution in [3.8, 4) is 5.75 Å². The lowest BCUT2D eigenvalue weighted by molar-refractivity contribution is -0.605. The molecular formula is C7H9NO2. The van der Waals surface area contributed by atoms with Crippen LogP contribution < -0.4 is 9.47 Å². The summed E-state index contributed by atoms with van der Waals surface area (Å²) in [5, 5.41) is 10.5. The second kappa shape index (κ2) is 3.06. The first-order valence-corrected chi connectivity index (χ1v) is 3.14. The Bertz CT molecular complexity index is 195. The maximum Gasteiger partial charge on any atom is 0.184 e. The number of aromatic nitrogens is 1. The van der Waals surface area contributed by atoms with E-state index in [2.05, 4.69) is 0 Å². The quantitative estimate of drug-likeness (QED) is 0.447. The van der Waals surface area contributed by atoms with E-state index < -0.39 is 0 Å². The molecular weight excluding hydrogens is 130 g/mol. The van der Waals surface area contributed by atoms with Gasteiger partial charge in [-0.2, -0.15) is 4.73 Å². The third-order valence-corrected chi connectivity index (χ3v) is 1.08. The molecule has 1 aromatic rings. The summed E-state index contributed by atoms with van der Waals surface area (Å²) in [6, 6.07) is 3.27. The van der Waals surface area contributed by atoms with Gasteiger partial charge in [-0.05, 0) is 6.92 Å². The summed E-state index contributed by atoms with van der Waals surface area (Å²) in [5.74, 6) is 0.731. The highest BCUT2D eigenvalue weighted by atomic mass is 16.5. The van der Waals surface area contributed by atoms with E-state index in [9.17, 15) is 5.21 Å². The monoisotopic (exact) mass is 139 g/mol. The van der Waals surface area contributed by atoms with E-state index in [0.717, 1.165) is 10.5 Å². The lowest BCUT2D eigenvalue weighted by atomic mass is 10.4. The Morgan fingerprint density at radius 2 is 2.10 bits per heavy atom. The van der Waals surface area contributed by atoms with Crippen LogP contribution in [0.25, 0.3) is 0 Å². The van der Waals surface area contributed by atoms with Crippen LogP contribution in [0.1, 0.15) is 6.92 Å². The molecule has 54 valence electrons. The minimum absolute atomic E-state index is 0.628. The van der Waals surface area contributed by atoms with Gasteiger partial charge in [-0.3, -0.25) is 0 Å². The lowest BCUT2D eigenvalue weighted by Gasteiger charge is -2.00. The van der Waals surface area contributed by atoms with E-state index in [0.29, 0.717) is 6.61 Å². The van der Waals surface area contributed by atoms with Crippen LogP contribution in [0.15, 0.2) is 24.5 Å². The van der Waals surface area contributed by atoms with Crippen LogP contribution in [-0.4, -0.2) is 6.61 Å². The third kappa shape index (κ3) is 1.62. The van der Waals surface area contributed by atoms with Gasteiger partial charge < -0.3 is 9.94 Å². The number of ether oxygens (including phenoxy) is 1. The van der Waals surface area contributed by atoms with Crippen LogP contribution in [0.3, 0.4) is 0 Å². The molecule has 1 aromatic heterocycles. The van der Waals surface area contributed by atoms with Crippen LogP contribution in [0.2, 0.25) is 0 Å². The summed E-state index contributed by atoms with van der Waals surface area (Å²) in [6.45, 7) is 2.53. The van der Waals surface area contributed by atoms with Gasteiger partial charge in [0.15, 0.2) is 12.4 Å². The van der Waals surface area contributed by atoms with Crippen molar-refractivity contribution in [1.29, 1.82) is 0 Å². The largest absolute Gasteiger partial charge is 0.619 e. The van der Waals surface area contributed by atoms with Crippen molar-refractivity contribution >= 4 is 0 Å². The second-order valence-corrected chi connectivity index (χ2v) is 1.83. The molecule has 10 heavy (non-hydrogen) atoms. The maximum absolute atomic E-state index is 10.5. The Kier molecular flexibility index (Phi) is 2.10. The Labute approximate surface area is 59.5 Å². The van der Waals surface area contributed by atoms with Crippen LogP contribution in [0.4, 0.5) is 0 Å². The van der Waals surface area contributed by atoms with E-state index in [1.807, 2.05) is 6.92 Å². The number of pyridine rings is 1. The van der Waals surface area contributed by atoms with Gasteiger partial charge in [-0.25, -0.2) is 0 Å². The van der Waals surface area contributed by atoms with E-state index in [-0.39, 0.29) is 0 Å². The molecule has 0 aromatic carbocycles. The fourth-order valence-electron chi connectivity index (χ4n) is 0.662. The molecule has 0 aliphatic carbocycles. The summed E-state index contributed by atoms with van der Waals surface area (Å²) >= 11 is 0. The Morgan fingerprint density at radius 3 is 2.60 bits per heavy atom. The summed E-state index contributed by atoms with van der Waals surface area (Å²) in [5.41, 5.74) is 0.